The van der Waals surface area contributed by atoms with Gasteiger partial charge in [-0.05, 0) is 24.3 Å². The molecular formula is C20H23N9OS. The molecule has 0 saturated carbocycles. The van der Waals surface area contributed by atoms with Gasteiger partial charge < -0.3 is 15.5 Å². The zero-order valence-electron chi connectivity index (χ0n) is 17.2. The van der Waals surface area contributed by atoms with E-state index in [-0.39, 0.29) is 5.91 Å². The maximum atomic E-state index is 11.8. The molecule has 0 unspecified atom stereocenters. The number of carbonyl (C=O) groups is 1. The topological polar surface area (TPSA) is 106 Å². The van der Waals surface area contributed by atoms with Crippen molar-refractivity contribution in [2.24, 2.45) is 7.05 Å². The fourth-order valence-electron chi connectivity index (χ4n) is 3.69. The van der Waals surface area contributed by atoms with Crippen molar-refractivity contribution in [3.8, 4) is 5.69 Å². The number of hydrogen-bond donors (Lipinski definition) is 2. The summed E-state index contributed by atoms with van der Waals surface area (Å²) < 4.78 is 3.68. The Kier molecular flexibility index (Phi) is 5.24. The predicted octanol–water partition coefficient (Wildman–Crippen LogP) is 2.78. The van der Waals surface area contributed by atoms with Crippen molar-refractivity contribution >= 4 is 46.0 Å². The van der Waals surface area contributed by atoms with Crippen LogP contribution < -0.4 is 10.6 Å². The number of aromatic nitrogens is 6. The second-order valence-electron chi connectivity index (χ2n) is 7.39. The molecule has 11 heteroatoms. The number of carbonyl (C=O) groups excluding carboxylic acids is 1. The quantitative estimate of drug-likeness (QED) is 0.408. The van der Waals surface area contributed by atoms with E-state index in [0.717, 1.165) is 43.1 Å². The summed E-state index contributed by atoms with van der Waals surface area (Å²) in [5.41, 5.74) is 2.44. The van der Waals surface area contributed by atoms with E-state index >= 15 is 0 Å². The molecule has 0 radical (unpaired) electrons. The highest BCUT2D eigenvalue weighted by molar-refractivity contribution is 7.08. The van der Waals surface area contributed by atoms with E-state index in [1.807, 2.05) is 34.0 Å². The fraction of sp³-hybridized carbons (Fsp3) is 0.350. The first-order valence-corrected chi connectivity index (χ1v) is 11.2. The lowest BCUT2D eigenvalue weighted by Gasteiger charge is -2.15. The Morgan fingerprint density at radius 3 is 2.94 bits per heavy atom. The number of likely N-dealkylation sites (tertiary alicyclic amines) is 1. The minimum atomic E-state index is 0.251. The molecule has 0 atom stereocenters. The van der Waals surface area contributed by atoms with Crippen LogP contribution in [0, 0.1) is 0 Å². The summed E-state index contributed by atoms with van der Waals surface area (Å²) in [6.45, 7) is 2.30. The van der Waals surface area contributed by atoms with Gasteiger partial charge in [-0.25, -0.2) is 4.98 Å². The van der Waals surface area contributed by atoms with Crippen LogP contribution in [0.15, 0.2) is 35.4 Å². The van der Waals surface area contributed by atoms with Gasteiger partial charge in [0.2, 0.25) is 11.9 Å². The number of fused-ring (bicyclic) bond motifs is 1. The summed E-state index contributed by atoms with van der Waals surface area (Å²) in [6, 6.07) is 3.90. The third-order valence-corrected chi connectivity index (χ3v) is 5.98. The van der Waals surface area contributed by atoms with Gasteiger partial charge in [-0.1, -0.05) is 0 Å². The molecule has 5 rings (SSSR count). The van der Waals surface area contributed by atoms with Crippen LogP contribution in [0.4, 0.5) is 17.6 Å². The van der Waals surface area contributed by atoms with Crippen LogP contribution in [0.2, 0.25) is 0 Å². The lowest BCUT2D eigenvalue weighted by Crippen LogP contribution is -2.27. The Bertz CT molecular complexity index is 1200. The molecule has 2 N–H and O–H groups in total. The van der Waals surface area contributed by atoms with Crippen molar-refractivity contribution in [2.75, 3.05) is 30.3 Å². The van der Waals surface area contributed by atoms with Gasteiger partial charge in [0.25, 0.3) is 0 Å². The second-order valence-corrected chi connectivity index (χ2v) is 8.17. The maximum Gasteiger partial charge on any atom is 0.232 e. The van der Waals surface area contributed by atoms with Crippen molar-refractivity contribution in [1.29, 1.82) is 0 Å². The first-order chi connectivity index (χ1) is 15.2. The normalized spacial score (nSPS) is 14.0. The Balaban J connectivity index is 1.41. The molecule has 1 saturated heterocycles. The van der Waals surface area contributed by atoms with Gasteiger partial charge in [-0.3, -0.25) is 14.0 Å². The van der Waals surface area contributed by atoms with E-state index in [1.54, 1.807) is 28.5 Å². The third-order valence-electron chi connectivity index (χ3n) is 5.31. The fourth-order valence-corrected chi connectivity index (χ4v) is 4.32. The molecule has 1 fully saturated rings. The van der Waals surface area contributed by atoms with Crippen molar-refractivity contribution in [2.45, 2.75) is 19.3 Å². The number of aryl methyl sites for hydroxylation is 1. The van der Waals surface area contributed by atoms with Crippen molar-refractivity contribution < 1.29 is 4.79 Å². The summed E-state index contributed by atoms with van der Waals surface area (Å²) in [6.07, 6.45) is 5.95. The van der Waals surface area contributed by atoms with Gasteiger partial charge in [-0.15, -0.1) is 0 Å². The molecule has 160 valence electrons. The molecule has 1 aliphatic rings. The first-order valence-electron chi connectivity index (χ1n) is 10.2. The average Bonchev–Trinajstić information content (AvgIpc) is 3.54. The standard InChI is InChI=1S/C20H23N9OS/c1-27-15(5-8-23-27)24-20-25-18(21-7-3-10-28-9-2-4-16(28)30)17-19(26-20)29(13-22-17)14-6-11-31-12-14/h5-6,8,11-13H,2-4,7,9-10H2,1H3,(H2,21,24,25,26). The summed E-state index contributed by atoms with van der Waals surface area (Å²) in [4.78, 5) is 27.7. The van der Waals surface area contributed by atoms with Gasteiger partial charge in [0, 0.05) is 44.5 Å². The number of imidazole rings is 1. The van der Waals surface area contributed by atoms with Gasteiger partial charge in [0.1, 0.15) is 12.1 Å². The molecule has 4 aromatic heterocycles. The monoisotopic (exact) mass is 437 g/mol. The number of anilines is 3. The molecule has 0 aromatic carbocycles. The minimum absolute atomic E-state index is 0.251. The van der Waals surface area contributed by atoms with E-state index in [0.29, 0.717) is 30.2 Å². The molecule has 0 spiro atoms. The van der Waals surface area contributed by atoms with Crippen LogP contribution >= 0.6 is 11.3 Å². The molecule has 10 nitrogen and oxygen atoms in total. The van der Waals surface area contributed by atoms with Crippen LogP contribution in [0.3, 0.4) is 0 Å². The Morgan fingerprint density at radius 1 is 1.26 bits per heavy atom. The summed E-state index contributed by atoms with van der Waals surface area (Å²) >= 11 is 1.62. The molecular weight excluding hydrogens is 414 g/mol. The zero-order chi connectivity index (χ0) is 21.2. The maximum absolute atomic E-state index is 11.8. The number of hydrogen-bond acceptors (Lipinski definition) is 8. The zero-order valence-corrected chi connectivity index (χ0v) is 18.0. The Labute approximate surface area is 182 Å². The van der Waals surface area contributed by atoms with Crippen molar-refractivity contribution in [3.63, 3.8) is 0 Å². The van der Waals surface area contributed by atoms with Gasteiger partial charge in [-0.2, -0.15) is 26.4 Å². The Morgan fingerprint density at radius 2 is 2.19 bits per heavy atom. The molecule has 0 aliphatic carbocycles. The predicted molar refractivity (Wildman–Crippen MR) is 120 cm³/mol. The van der Waals surface area contributed by atoms with Crippen LogP contribution in [0.25, 0.3) is 16.9 Å². The molecule has 31 heavy (non-hydrogen) atoms. The van der Waals surface area contributed by atoms with E-state index in [2.05, 4.69) is 31.1 Å². The number of nitrogens with one attached hydrogen (secondary N) is 2. The molecule has 1 amide bonds. The number of rotatable bonds is 8. The van der Waals surface area contributed by atoms with Gasteiger partial charge >= 0.3 is 0 Å². The van der Waals surface area contributed by atoms with E-state index < -0.39 is 0 Å². The van der Waals surface area contributed by atoms with Crippen molar-refractivity contribution in [3.05, 3.63) is 35.4 Å². The molecule has 5 heterocycles. The van der Waals surface area contributed by atoms with E-state index in [4.69, 9.17) is 4.98 Å². The number of nitrogens with zero attached hydrogens (tertiary/aromatic N) is 7. The third kappa shape index (κ3) is 3.96. The second kappa shape index (κ2) is 8.34. The first kappa shape index (κ1) is 19.5. The van der Waals surface area contributed by atoms with Crippen LogP contribution in [-0.4, -0.2) is 59.7 Å². The average molecular weight is 438 g/mol. The van der Waals surface area contributed by atoms with Gasteiger partial charge in [0.05, 0.1) is 11.9 Å². The van der Waals surface area contributed by atoms with E-state index in [9.17, 15) is 4.79 Å². The lowest BCUT2D eigenvalue weighted by atomic mass is 10.3. The Hall–Kier alpha value is -3.47. The highest BCUT2D eigenvalue weighted by atomic mass is 32.1. The lowest BCUT2D eigenvalue weighted by molar-refractivity contribution is -0.127. The molecule has 1 aliphatic heterocycles. The highest BCUT2D eigenvalue weighted by Crippen LogP contribution is 2.25. The SMILES string of the molecule is Cn1nccc1Nc1nc(NCCCN2CCCC2=O)c2ncn(-c3ccsc3)c2n1. The number of amides is 1. The van der Waals surface area contributed by atoms with Crippen LogP contribution in [0.1, 0.15) is 19.3 Å². The number of thiophene rings is 1. The molecule has 4 aromatic rings. The van der Waals surface area contributed by atoms with Crippen LogP contribution in [0.5, 0.6) is 0 Å². The van der Waals surface area contributed by atoms with Gasteiger partial charge in [0.15, 0.2) is 17.0 Å². The molecule has 0 bridgehead atoms. The smallest absolute Gasteiger partial charge is 0.232 e. The minimum Gasteiger partial charge on any atom is -0.368 e. The van der Waals surface area contributed by atoms with E-state index in [1.165, 1.54) is 0 Å². The largest absolute Gasteiger partial charge is 0.368 e. The van der Waals surface area contributed by atoms with Crippen molar-refractivity contribution in [1.82, 2.24) is 34.2 Å². The summed E-state index contributed by atoms with van der Waals surface area (Å²) in [5.74, 6) is 2.17. The highest BCUT2D eigenvalue weighted by Gasteiger charge is 2.19. The summed E-state index contributed by atoms with van der Waals surface area (Å²) in [5, 5.41) is 14.9. The summed E-state index contributed by atoms with van der Waals surface area (Å²) in [7, 11) is 1.86. The van der Waals surface area contributed by atoms with Crippen LogP contribution in [-0.2, 0) is 11.8 Å².